The van der Waals surface area contributed by atoms with Gasteiger partial charge in [-0.05, 0) is 55.5 Å². The minimum absolute atomic E-state index is 0.0439. The normalized spacial score (nSPS) is 13.2. The third kappa shape index (κ3) is 6.28. The summed E-state index contributed by atoms with van der Waals surface area (Å²) in [5.74, 6) is 8.28. The van der Waals surface area contributed by atoms with Gasteiger partial charge in [0.1, 0.15) is 23.5 Å². The number of piperidine rings is 1. The molecule has 0 aliphatic carbocycles. The lowest BCUT2D eigenvalue weighted by atomic mass is 9.96. The van der Waals surface area contributed by atoms with Gasteiger partial charge in [0.15, 0.2) is 11.5 Å². The Hall–Kier alpha value is -5.37. The van der Waals surface area contributed by atoms with Gasteiger partial charge in [-0.2, -0.15) is 0 Å². The van der Waals surface area contributed by atoms with Crippen LogP contribution in [0, 0.1) is 24.7 Å². The van der Waals surface area contributed by atoms with Crippen molar-refractivity contribution >= 4 is 28.7 Å². The molecule has 0 unspecified atom stereocenters. The van der Waals surface area contributed by atoms with Crippen molar-refractivity contribution in [2.75, 3.05) is 32.5 Å². The number of anilines is 1. The molecule has 4 aromatic rings. The van der Waals surface area contributed by atoms with E-state index in [4.69, 9.17) is 15.2 Å². The Morgan fingerprint density at radius 1 is 1.19 bits per heavy atom. The van der Waals surface area contributed by atoms with E-state index in [1.165, 1.54) is 6.33 Å². The monoisotopic (exact) mass is 579 g/mol. The highest BCUT2D eigenvalue weighted by molar-refractivity contribution is 6.03. The number of amides is 2. The minimum Gasteiger partial charge on any atom is -0.493 e. The number of pyridine rings is 1. The highest BCUT2D eigenvalue weighted by Gasteiger charge is 2.24. The van der Waals surface area contributed by atoms with Gasteiger partial charge in [0.2, 0.25) is 17.7 Å². The maximum Gasteiger partial charge on any atom is 0.243 e. The first-order valence-electron chi connectivity index (χ1n) is 13.9. The predicted octanol–water partition coefficient (Wildman–Crippen LogP) is 3.61. The lowest BCUT2D eigenvalue weighted by Gasteiger charge is -2.29. The number of nitrogens with one attached hydrogen (secondary N) is 1. The number of benzene rings is 1. The van der Waals surface area contributed by atoms with Crippen molar-refractivity contribution < 1.29 is 19.1 Å². The van der Waals surface area contributed by atoms with E-state index in [9.17, 15) is 9.59 Å². The summed E-state index contributed by atoms with van der Waals surface area (Å²) in [6.45, 7) is 6.39. The summed E-state index contributed by atoms with van der Waals surface area (Å²) < 4.78 is 13.7. The molecule has 3 N–H and O–H groups in total. The molecule has 43 heavy (non-hydrogen) atoms. The Labute approximate surface area is 249 Å². The van der Waals surface area contributed by atoms with Crippen LogP contribution in [0.1, 0.15) is 24.2 Å². The van der Waals surface area contributed by atoms with Gasteiger partial charge < -0.3 is 30.0 Å². The molecule has 2 amide bonds. The number of fused-ring (bicyclic) bond motifs is 1. The molecule has 1 aliphatic rings. The first-order chi connectivity index (χ1) is 20.8. The van der Waals surface area contributed by atoms with Crippen LogP contribution in [0.25, 0.3) is 22.2 Å². The maximum atomic E-state index is 12.5. The van der Waals surface area contributed by atoms with Gasteiger partial charge in [0.05, 0.1) is 19.0 Å². The fraction of sp³-hybridized carbons (Fsp3) is 0.281. The van der Waals surface area contributed by atoms with Gasteiger partial charge in [-0.1, -0.05) is 24.6 Å². The first kappa shape index (κ1) is 29.1. The van der Waals surface area contributed by atoms with Gasteiger partial charge in [0.25, 0.3) is 0 Å². The van der Waals surface area contributed by atoms with Crippen LogP contribution >= 0.6 is 0 Å². The zero-order chi connectivity index (χ0) is 30.5. The van der Waals surface area contributed by atoms with Gasteiger partial charge in [-0.25, -0.2) is 15.0 Å². The molecular weight excluding hydrogens is 546 g/mol. The van der Waals surface area contributed by atoms with Crippen molar-refractivity contribution in [2.24, 2.45) is 13.0 Å². The molecule has 4 heterocycles. The Kier molecular flexibility index (Phi) is 8.57. The molecule has 1 aliphatic heterocycles. The number of nitrogens with two attached hydrogens (primary N) is 1. The van der Waals surface area contributed by atoms with Gasteiger partial charge in [-0.3, -0.25) is 9.59 Å². The van der Waals surface area contributed by atoms with Crippen LogP contribution in [0.4, 0.5) is 5.82 Å². The van der Waals surface area contributed by atoms with E-state index in [1.807, 2.05) is 48.9 Å². The maximum absolute atomic E-state index is 12.5. The highest BCUT2D eigenvalue weighted by Crippen LogP contribution is 2.40. The third-order valence-corrected chi connectivity index (χ3v) is 7.37. The van der Waals surface area contributed by atoms with Crippen molar-refractivity contribution in [2.45, 2.75) is 19.8 Å². The molecule has 3 aromatic heterocycles. The van der Waals surface area contributed by atoms with Crippen molar-refractivity contribution in [1.29, 1.82) is 0 Å². The van der Waals surface area contributed by atoms with E-state index in [0.717, 1.165) is 41.4 Å². The lowest BCUT2D eigenvalue weighted by molar-refractivity contribution is -0.133. The first-order valence-corrected chi connectivity index (χ1v) is 13.9. The largest absolute Gasteiger partial charge is 0.493 e. The van der Waals surface area contributed by atoms with Crippen LogP contribution in [0.2, 0.25) is 0 Å². The molecule has 0 atom stereocenters. The van der Waals surface area contributed by atoms with Crippen molar-refractivity contribution in [1.82, 2.24) is 29.7 Å². The van der Waals surface area contributed by atoms with E-state index >= 15 is 0 Å². The molecule has 0 radical (unpaired) electrons. The van der Waals surface area contributed by atoms with Gasteiger partial charge in [-0.15, -0.1) is 0 Å². The third-order valence-electron chi connectivity index (χ3n) is 7.37. The second-order valence-corrected chi connectivity index (χ2v) is 10.2. The number of carbonyl (C=O) groups excluding carboxylic acids is 2. The van der Waals surface area contributed by atoms with Crippen molar-refractivity contribution in [3.8, 4) is 40.3 Å². The number of likely N-dealkylation sites (tertiary alicyclic amines) is 1. The second kappa shape index (κ2) is 12.7. The number of methoxy groups -OCH3 is 1. The van der Waals surface area contributed by atoms with E-state index in [1.54, 1.807) is 18.1 Å². The number of ether oxygens (including phenoxy) is 2. The summed E-state index contributed by atoms with van der Waals surface area (Å²) in [6.07, 6.45) is 4.04. The van der Waals surface area contributed by atoms with Crippen LogP contribution < -0.4 is 20.5 Å². The molecule has 5 rings (SSSR count). The van der Waals surface area contributed by atoms with Crippen LogP contribution in [0.15, 0.2) is 55.4 Å². The van der Waals surface area contributed by atoms with Crippen molar-refractivity contribution in [3.63, 3.8) is 0 Å². The minimum atomic E-state index is -0.367. The smallest absolute Gasteiger partial charge is 0.243 e. The van der Waals surface area contributed by atoms with Crippen LogP contribution in [-0.4, -0.2) is 63.0 Å². The van der Waals surface area contributed by atoms with E-state index in [0.29, 0.717) is 47.3 Å². The van der Waals surface area contributed by atoms with Crippen molar-refractivity contribution in [3.05, 3.63) is 66.8 Å². The lowest BCUT2D eigenvalue weighted by Crippen LogP contribution is -2.43. The van der Waals surface area contributed by atoms with Crippen LogP contribution in [0.5, 0.6) is 17.4 Å². The molecule has 11 nitrogen and oxygen atoms in total. The standard InChI is InChI=1S/C32H33N7O4/c1-5-26(40)34-18-28(41)39-15-13-21(14-16-39)9-11-23-29(30-31(33)35-19-36-32(30)38(23)3)22-10-12-24(25(17-22)42-4)43-27-8-6-7-20(2)37-27/h5-8,10,12,17,19,21H,1,13-16,18H2,2-4H3,(H,34,40)(H2,33,35,36). The summed E-state index contributed by atoms with van der Waals surface area (Å²) in [6, 6.07) is 11.2. The molecule has 0 bridgehead atoms. The van der Waals surface area contributed by atoms with Crippen LogP contribution in [-0.2, 0) is 16.6 Å². The summed E-state index contributed by atoms with van der Waals surface area (Å²) in [5.41, 5.74) is 10.2. The molecule has 11 heteroatoms. The summed E-state index contributed by atoms with van der Waals surface area (Å²) >= 11 is 0. The zero-order valence-electron chi connectivity index (χ0n) is 24.4. The van der Waals surface area contributed by atoms with Crippen LogP contribution in [0.3, 0.4) is 0 Å². The fourth-order valence-corrected chi connectivity index (χ4v) is 5.09. The SMILES string of the molecule is C=CC(=O)NCC(=O)N1CCC(C#Cc2c(-c3ccc(Oc4cccc(C)n4)c(OC)c3)c3c(N)ncnc3n2C)CC1. The zero-order valence-corrected chi connectivity index (χ0v) is 24.4. The molecule has 1 saturated heterocycles. The Morgan fingerprint density at radius 2 is 1.98 bits per heavy atom. The Morgan fingerprint density at radius 3 is 2.70 bits per heavy atom. The van der Waals surface area contributed by atoms with Gasteiger partial charge in [0, 0.05) is 43.4 Å². The summed E-state index contributed by atoms with van der Waals surface area (Å²) in [4.78, 5) is 38.8. The molecule has 1 fully saturated rings. The Bertz CT molecular complexity index is 1760. The number of aromatic nitrogens is 4. The fourth-order valence-electron chi connectivity index (χ4n) is 5.09. The number of rotatable bonds is 7. The average molecular weight is 580 g/mol. The molecule has 1 aromatic carbocycles. The molecule has 0 spiro atoms. The number of nitrogens with zero attached hydrogens (tertiary/aromatic N) is 5. The number of carbonyl (C=O) groups is 2. The average Bonchev–Trinajstić information content (AvgIpc) is 3.31. The molecule has 0 saturated carbocycles. The highest BCUT2D eigenvalue weighted by atomic mass is 16.5. The number of aryl methyl sites for hydroxylation is 2. The quantitative estimate of drug-likeness (QED) is 0.250. The second-order valence-electron chi connectivity index (χ2n) is 10.2. The number of hydrogen-bond acceptors (Lipinski definition) is 8. The number of nitrogen functional groups attached to an aromatic ring is 1. The predicted molar refractivity (Wildman–Crippen MR) is 163 cm³/mol. The Balaban J connectivity index is 1.44. The summed E-state index contributed by atoms with van der Waals surface area (Å²) in [7, 11) is 3.49. The molecular formula is C32H33N7O4. The van der Waals surface area contributed by atoms with Gasteiger partial charge >= 0.3 is 0 Å². The summed E-state index contributed by atoms with van der Waals surface area (Å²) in [5, 5.41) is 3.24. The van der Waals surface area contributed by atoms with E-state index in [2.05, 4.69) is 38.7 Å². The number of hydrogen-bond donors (Lipinski definition) is 2. The topological polar surface area (TPSA) is 137 Å². The van der Waals surface area contributed by atoms with E-state index in [-0.39, 0.29) is 24.3 Å². The molecule has 220 valence electrons. The van der Waals surface area contributed by atoms with E-state index < -0.39 is 0 Å².